The molecule has 0 amide bonds. The van der Waals surface area contributed by atoms with Gasteiger partial charge in [-0.3, -0.25) is 0 Å². The normalized spacial score (nSPS) is 9.80. The van der Waals surface area contributed by atoms with E-state index in [2.05, 4.69) is 35.2 Å². The Balaban J connectivity index is 3.31. The molecule has 0 saturated carbocycles. The maximum atomic E-state index is 4.95. The molecule has 10 heavy (non-hydrogen) atoms. The Labute approximate surface area is 74.9 Å². The first-order valence-corrected chi connectivity index (χ1v) is 4.11. The number of rotatable bonds is 1. The summed E-state index contributed by atoms with van der Waals surface area (Å²) in [5.41, 5.74) is 0.879. The fraction of sp³-hybridized carbons (Fsp3) is 0.200. The second-order valence-electron chi connectivity index (χ2n) is 1.69. The van der Waals surface area contributed by atoms with Crippen molar-refractivity contribution in [1.82, 2.24) is 9.97 Å². The van der Waals surface area contributed by atoms with Gasteiger partial charge in [0.25, 0.3) is 0 Å². The molecule has 2 nitrogen and oxygen atoms in total. The fourth-order valence-electron chi connectivity index (χ4n) is 0.561. The van der Waals surface area contributed by atoms with Gasteiger partial charge in [-0.25, -0.2) is 4.98 Å². The maximum Gasteiger partial charge on any atom is 0.111 e. The summed E-state index contributed by atoms with van der Waals surface area (Å²) in [6, 6.07) is 0. The number of thiol groups is 2. The van der Waals surface area contributed by atoms with E-state index >= 15 is 0 Å². The fourth-order valence-corrected chi connectivity index (χ4v) is 1.65. The topological polar surface area (TPSA) is 28.7 Å². The highest BCUT2D eigenvalue weighted by atomic mass is 32.1. The standard InChI is InChI=1S/C5H6N2S3/c8-1-3-4(9)6-2-7-5(3)10/h2,8H,1H2,(H2,6,7,9,10). The first-order valence-electron chi connectivity index (χ1n) is 2.62. The van der Waals surface area contributed by atoms with Gasteiger partial charge in [0.15, 0.2) is 0 Å². The number of nitrogens with zero attached hydrogens (tertiary/aromatic N) is 1. The molecule has 1 aromatic heterocycles. The van der Waals surface area contributed by atoms with E-state index in [-0.39, 0.29) is 0 Å². The van der Waals surface area contributed by atoms with Crippen molar-refractivity contribution in [2.75, 3.05) is 0 Å². The molecule has 54 valence electrons. The van der Waals surface area contributed by atoms with Gasteiger partial charge >= 0.3 is 0 Å². The van der Waals surface area contributed by atoms with Crippen molar-refractivity contribution in [3.05, 3.63) is 16.5 Å². The minimum Gasteiger partial charge on any atom is -0.337 e. The molecule has 0 bridgehead atoms. The third-order valence-corrected chi connectivity index (χ3v) is 2.15. The van der Waals surface area contributed by atoms with E-state index < -0.39 is 0 Å². The largest absolute Gasteiger partial charge is 0.337 e. The van der Waals surface area contributed by atoms with Crippen LogP contribution >= 0.6 is 37.5 Å². The van der Waals surface area contributed by atoms with Gasteiger partial charge in [-0.2, -0.15) is 12.6 Å². The second-order valence-corrected chi connectivity index (χ2v) is 2.84. The number of nitrogens with one attached hydrogen (secondary N) is 1. The number of aromatic amines is 1. The second kappa shape index (κ2) is 3.41. The molecule has 0 aliphatic rings. The molecule has 1 rings (SSSR count). The van der Waals surface area contributed by atoms with Crippen LogP contribution in [0.2, 0.25) is 0 Å². The van der Waals surface area contributed by atoms with E-state index in [4.69, 9.17) is 12.2 Å². The first-order chi connectivity index (χ1) is 4.75. The Morgan fingerprint density at radius 2 is 2.40 bits per heavy atom. The van der Waals surface area contributed by atoms with Gasteiger partial charge in [0.1, 0.15) is 9.67 Å². The average molecular weight is 190 g/mol. The Bertz CT molecular complexity index is 280. The predicted octanol–water partition coefficient (Wildman–Crippen LogP) is 1.86. The van der Waals surface area contributed by atoms with Gasteiger partial charge in [0.2, 0.25) is 0 Å². The highest BCUT2D eigenvalue weighted by molar-refractivity contribution is 7.80. The maximum absolute atomic E-state index is 4.95. The van der Waals surface area contributed by atoms with Gasteiger partial charge in [0.05, 0.1) is 6.33 Å². The summed E-state index contributed by atoms with van der Waals surface area (Å²) in [7, 11) is 0. The summed E-state index contributed by atoms with van der Waals surface area (Å²) in [6.07, 6.45) is 1.53. The first kappa shape index (κ1) is 8.10. The smallest absolute Gasteiger partial charge is 0.111 e. The Kier molecular flexibility index (Phi) is 2.76. The lowest BCUT2D eigenvalue weighted by Crippen LogP contribution is -1.89. The van der Waals surface area contributed by atoms with Crippen LogP contribution in [0.5, 0.6) is 0 Å². The lowest BCUT2D eigenvalue weighted by Gasteiger charge is -1.97. The molecule has 0 saturated heterocycles. The zero-order valence-corrected chi connectivity index (χ0v) is 7.64. The van der Waals surface area contributed by atoms with E-state index in [0.717, 1.165) is 5.56 Å². The summed E-state index contributed by atoms with van der Waals surface area (Å²) in [5, 5.41) is 0.652. The summed E-state index contributed by atoms with van der Waals surface area (Å²) in [6.45, 7) is 0. The van der Waals surface area contributed by atoms with E-state index in [1.807, 2.05) is 0 Å². The van der Waals surface area contributed by atoms with Gasteiger partial charge in [-0.1, -0.05) is 12.2 Å². The molecule has 0 aliphatic carbocycles. The summed E-state index contributed by atoms with van der Waals surface area (Å²) < 4.78 is 0.662. The predicted molar refractivity (Wildman–Crippen MR) is 49.4 cm³/mol. The molecule has 0 unspecified atom stereocenters. The van der Waals surface area contributed by atoms with E-state index in [1.54, 1.807) is 0 Å². The minimum absolute atomic E-state index is 0.571. The van der Waals surface area contributed by atoms with Crippen LogP contribution in [0, 0.1) is 4.64 Å². The molecule has 0 spiro atoms. The molecule has 0 aromatic carbocycles. The van der Waals surface area contributed by atoms with Crippen molar-refractivity contribution in [1.29, 1.82) is 0 Å². The summed E-state index contributed by atoms with van der Waals surface area (Å²) in [5.74, 6) is 0.571. The lowest BCUT2D eigenvalue weighted by atomic mass is 10.4. The van der Waals surface area contributed by atoms with Crippen LogP contribution in [-0.4, -0.2) is 9.97 Å². The average Bonchev–Trinajstić information content (AvgIpc) is 1.88. The van der Waals surface area contributed by atoms with E-state index in [0.29, 0.717) is 15.4 Å². The third-order valence-electron chi connectivity index (χ3n) is 1.08. The molecule has 0 atom stereocenters. The molecule has 5 heteroatoms. The molecular formula is C5H6N2S3. The van der Waals surface area contributed by atoms with Crippen LogP contribution in [0.25, 0.3) is 0 Å². The number of hydrogen-bond donors (Lipinski definition) is 3. The Morgan fingerprint density at radius 1 is 1.70 bits per heavy atom. The molecule has 0 radical (unpaired) electrons. The van der Waals surface area contributed by atoms with Gasteiger partial charge in [0, 0.05) is 11.3 Å². The lowest BCUT2D eigenvalue weighted by molar-refractivity contribution is 0.989. The summed E-state index contributed by atoms with van der Waals surface area (Å²) >= 11 is 13.1. The van der Waals surface area contributed by atoms with E-state index in [9.17, 15) is 0 Å². The zero-order valence-electron chi connectivity index (χ0n) is 5.03. The van der Waals surface area contributed by atoms with Gasteiger partial charge in [-0.05, 0) is 0 Å². The number of H-pyrrole nitrogens is 1. The molecule has 1 N–H and O–H groups in total. The van der Waals surface area contributed by atoms with Crippen molar-refractivity contribution < 1.29 is 0 Å². The number of hydrogen-bond acceptors (Lipinski definition) is 4. The minimum atomic E-state index is 0.571. The molecular weight excluding hydrogens is 184 g/mol. The molecule has 0 aliphatic heterocycles. The van der Waals surface area contributed by atoms with Crippen molar-refractivity contribution in [2.24, 2.45) is 0 Å². The van der Waals surface area contributed by atoms with Crippen LogP contribution in [0.3, 0.4) is 0 Å². The number of aromatic nitrogens is 2. The zero-order chi connectivity index (χ0) is 7.56. The highest BCUT2D eigenvalue weighted by Gasteiger charge is 1.97. The van der Waals surface area contributed by atoms with Crippen LogP contribution in [0.4, 0.5) is 0 Å². The Hall–Kier alpha value is -0.000000000000000111. The van der Waals surface area contributed by atoms with Crippen molar-refractivity contribution in [2.45, 2.75) is 10.8 Å². The SMILES string of the molecule is S=c1[nH]cnc(S)c1CS. The third kappa shape index (κ3) is 1.53. The van der Waals surface area contributed by atoms with Crippen LogP contribution in [0.15, 0.2) is 11.4 Å². The summed E-state index contributed by atoms with van der Waals surface area (Å²) in [4.78, 5) is 6.70. The Morgan fingerprint density at radius 3 is 2.80 bits per heavy atom. The highest BCUT2D eigenvalue weighted by Crippen LogP contribution is 2.11. The van der Waals surface area contributed by atoms with E-state index in [1.165, 1.54) is 6.33 Å². The van der Waals surface area contributed by atoms with Crippen molar-refractivity contribution >= 4 is 37.5 Å². The van der Waals surface area contributed by atoms with Crippen LogP contribution < -0.4 is 0 Å². The van der Waals surface area contributed by atoms with Crippen LogP contribution in [-0.2, 0) is 5.75 Å². The van der Waals surface area contributed by atoms with Gasteiger partial charge < -0.3 is 4.98 Å². The van der Waals surface area contributed by atoms with Crippen molar-refractivity contribution in [3.8, 4) is 0 Å². The molecule has 1 heterocycles. The molecule has 0 fully saturated rings. The van der Waals surface area contributed by atoms with Crippen LogP contribution in [0.1, 0.15) is 5.56 Å². The monoisotopic (exact) mass is 190 g/mol. The quantitative estimate of drug-likeness (QED) is 0.358. The molecule has 1 aromatic rings. The van der Waals surface area contributed by atoms with Crippen molar-refractivity contribution in [3.63, 3.8) is 0 Å². The van der Waals surface area contributed by atoms with Gasteiger partial charge in [-0.15, -0.1) is 12.6 Å².